The zero-order valence-electron chi connectivity index (χ0n) is 15.3. The van der Waals surface area contributed by atoms with Gasteiger partial charge in [0.15, 0.2) is 0 Å². The first-order valence-corrected chi connectivity index (χ1v) is 9.46. The van der Waals surface area contributed by atoms with Crippen molar-refractivity contribution in [1.82, 2.24) is 4.98 Å². The van der Waals surface area contributed by atoms with E-state index in [1.807, 2.05) is 0 Å². The van der Waals surface area contributed by atoms with Crippen molar-refractivity contribution < 1.29 is 36.9 Å². The highest BCUT2D eigenvalue weighted by Crippen LogP contribution is 2.30. The average Bonchev–Trinajstić information content (AvgIpc) is 2.60. The summed E-state index contributed by atoms with van der Waals surface area (Å²) >= 11 is 0. The predicted octanol–water partition coefficient (Wildman–Crippen LogP) is 0.0710. The maximum Gasteiger partial charge on any atom is 0.266 e. The number of carbonyl (C=O) groups is 1. The second-order valence-electron chi connectivity index (χ2n) is 4.96. The minimum atomic E-state index is -3.93. The number of amides is 1. The third-order valence-electron chi connectivity index (χ3n) is 3.02. The average molecular weight is 392 g/mol. The van der Waals surface area contributed by atoms with Crippen molar-refractivity contribution in [2.75, 3.05) is 64.9 Å². The van der Waals surface area contributed by atoms with E-state index in [0.29, 0.717) is 17.5 Å². The molecule has 0 aromatic carbocycles. The molecule has 1 aromatic rings. The van der Waals surface area contributed by atoms with Crippen LogP contribution in [0.4, 0.5) is 5.69 Å². The zero-order valence-corrected chi connectivity index (χ0v) is 16.1. The van der Waals surface area contributed by atoms with E-state index in [9.17, 15) is 13.2 Å². The van der Waals surface area contributed by atoms with Crippen LogP contribution in [0.2, 0.25) is 0 Å². The van der Waals surface area contributed by atoms with Gasteiger partial charge in [-0.05, 0) is 6.07 Å². The van der Waals surface area contributed by atoms with E-state index >= 15 is 0 Å². The molecule has 0 aliphatic rings. The number of anilines is 1. The highest BCUT2D eigenvalue weighted by Gasteiger charge is 2.29. The van der Waals surface area contributed by atoms with Gasteiger partial charge in [0.2, 0.25) is 21.8 Å². The third kappa shape index (κ3) is 6.75. The quantitative estimate of drug-likeness (QED) is 0.456. The van der Waals surface area contributed by atoms with Gasteiger partial charge in [-0.25, -0.2) is 8.42 Å². The Hall–Kier alpha value is -1.95. The summed E-state index contributed by atoms with van der Waals surface area (Å²) in [5, 5.41) is 0. The molecule has 0 atom stereocenters. The second-order valence-corrected chi connectivity index (χ2v) is 6.79. The topological polar surface area (TPSA) is 113 Å². The van der Waals surface area contributed by atoms with Crippen LogP contribution >= 0.6 is 0 Å². The number of aromatic nitrogens is 1. The van der Waals surface area contributed by atoms with Crippen molar-refractivity contribution in [2.45, 2.75) is 0 Å². The smallest absolute Gasteiger partial charge is 0.266 e. The summed E-state index contributed by atoms with van der Waals surface area (Å²) in [5.41, 5.74) is -0.0271. The van der Waals surface area contributed by atoms with Gasteiger partial charge in [-0.2, -0.15) is 9.29 Å². The lowest BCUT2D eigenvalue weighted by molar-refractivity contribution is -0.122. The maximum absolute atomic E-state index is 12.4. The molecule has 1 aromatic heterocycles. The molecule has 1 heterocycles. The molecule has 1 rings (SSSR count). The maximum atomic E-state index is 12.4. The van der Waals surface area contributed by atoms with Crippen LogP contribution in [0.3, 0.4) is 0 Å². The number of nitrogens with zero attached hydrogens (tertiary/aromatic N) is 2. The van der Waals surface area contributed by atoms with Gasteiger partial charge in [0.25, 0.3) is 5.91 Å². The van der Waals surface area contributed by atoms with Crippen LogP contribution in [0.1, 0.15) is 0 Å². The summed E-state index contributed by atoms with van der Waals surface area (Å²) in [5.74, 6) is -0.628. The van der Waals surface area contributed by atoms with Crippen LogP contribution in [0.5, 0.6) is 11.8 Å². The van der Waals surface area contributed by atoms with Crippen molar-refractivity contribution >= 4 is 21.6 Å². The standard InChI is InChI=1S/C15H24N2O8S/c1-21-7-8-24-9-10-25-11-14(18)17(26(4,19)20)12-5-6-13(22-2)16-15(12)23-3/h5-6H,7-11H2,1-4H3. The van der Waals surface area contributed by atoms with Gasteiger partial charge in [0.05, 0.1) is 46.9 Å². The van der Waals surface area contributed by atoms with Crippen LogP contribution in [-0.2, 0) is 29.0 Å². The minimum Gasteiger partial charge on any atom is -0.481 e. The van der Waals surface area contributed by atoms with Crippen molar-refractivity contribution in [1.29, 1.82) is 0 Å². The summed E-state index contributed by atoms with van der Waals surface area (Å²) in [6.07, 6.45) is 0.905. The molecule has 0 aliphatic carbocycles. The van der Waals surface area contributed by atoms with Crippen molar-refractivity contribution in [3.8, 4) is 11.8 Å². The SMILES string of the molecule is COCCOCCOCC(=O)N(c1ccc(OC)nc1OC)S(C)(=O)=O. The lowest BCUT2D eigenvalue weighted by atomic mass is 10.4. The normalized spacial score (nSPS) is 11.2. The highest BCUT2D eigenvalue weighted by atomic mass is 32.2. The fourth-order valence-corrected chi connectivity index (χ4v) is 2.83. The molecule has 1 amide bonds. The van der Waals surface area contributed by atoms with E-state index in [-0.39, 0.29) is 30.7 Å². The summed E-state index contributed by atoms with van der Waals surface area (Å²) in [4.78, 5) is 16.4. The Labute approximate surface area is 153 Å². The Balaban J connectivity index is 2.81. The molecule has 0 saturated carbocycles. The fraction of sp³-hybridized carbons (Fsp3) is 0.600. The van der Waals surface area contributed by atoms with Gasteiger partial charge < -0.3 is 23.7 Å². The number of methoxy groups -OCH3 is 3. The molecule has 0 spiro atoms. The van der Waals surface area contributed by atoms with E-state index in [4.69, 9.17) is 23.7 Å². The molecule has 0 fully saturated rings. The van der Waals surface area contributed by atoms with E-state index in [1.165, 1.54) is 26.4 Å². The Morgan fingerprint density at radius 3 is 2.27 bits per heavy atom. The largest absolute Gasteiger partial charge is 0.481 e. The lowest BCUT2D eigenvalue weighted by Gasteiger charge is -2.22. The Kier molecular flexibility index (Phi) is 9.27. The van der Waals surface area contributed by atoms with Gasteiger partial charge in [-0.3, -0.25) is 4.79 Å². The zero-order chi connectivity index (χ0) is 19.6. The minimum absolute atomic E-state index is 0.0271. The first-order chi connectivity index (χ1) is 12.3. The number of rotatable bonds is 12. The van der Waals surface area contributed by atoms with Crippen molar-refractivity contribution in [3.05, 3.63) is 12.1 Å². The van der Waals surface area contributed by atoms with Crippen LogP contribution in [0.25, 0.3) is 0 Å². The van der Waals surface area contributed by atoms with Gasteiger partial charge in [0, 0.05) is 13.2 Å². The number of carbonyl (C=O) groups excluding carboxylic acids is 1. The van der Waals surface area contributed by atoms with E-state index in [0.717, 1.165) is 6.26 Å². The monoisotopic (exact) mass is 392 g/mol. The number of hydrogen-bond acceptors (Lipinski definition) is 9. The van der Waals surface area contributed by atoms with E-state index in [2.05, 4.69) is 4.98 Å². The highest BCUT2D eigenvalue weighted by molar-refractivity contribution is 7.92. The molecular weight excluding hydrogens is 368 g/mol. The molecule has 0 aliphatic heterocycles. The molecule has 0 radical (unpaired) electrons. The van der Waals surface area contributed by atoms with Gasteiger partial charge >= 0.3 is 0 Å². The number of ether oxygens (including phenoxy) is 5. The number of hydrogen-bond donors (Lipinski definition) is 0. The predicted molar refractivity (Wildman–Crippen MR) is 93.2 cm³/mol. The first kappa shape index (κ1) is 22.1. The molecule has 11 heteroatoms. The summed E-state index contributed by atoms with van der Waals surface area (Å²) < 4.78 is 50.0. The Morgan fingerprint density at radius 1 is 1.04 bits per heavy atom. The summed E-state index contributed by atoms with van der Waals surface area (Å²) in [6, 6.07) is 2.80. The van der Waals surface area contributed by atoms with Gasteiger partial charge in [0.1, 0.15) is 12.3 Å². The fourth-order valence-electron chi connectivity index (χ4n) is 1.91. The van der Waals surface area contributed by atoms with E-state index < -0.39 is 22.5 Å². The summed E-state index contributed by atoms with van der Waals surface area (Å²) in [6.45, 7) is 0.785. The molecule has 0 unspecified atom stereocenters. The van der Waals surface area contributed by atoms with Gasteiger partial charge in [-0.15, -0.1) is 0 Å². The molecule has 0 bridgehead atoms. The van der Waals surface area contributed by atoms with Crippen LogP contribution in [0.15, 0.2) is 12.1 Å². The van der Waals surface area contributed by atoms with Crippen LogP contribution in [-0.4, -0.2) is 79.9 Å². The molecular formula is C15H24N2O8S. The number of sulfonamides is 1. The van der Waals surface area contributed by atoms with Gasteiger partial charge in [-0.1, -0.05) is 0 Å². The molecule has 0 N–H and O–H groups in total. The molecule has 10 nitrogen and oxygen atoms in total. The van der Waals surface area contributed by atoms with Crippen LogP contribution < -0.4 is 13.8 Å². The molecule has 0 saturated heterocycles. The number of pyridine rings is 1. The van der Waals surface area contributed by atoms with Crippen LogP contribution in [0, 0.1) is 0 Å². The van der Waals surface area contributed by atoms with E-state index in [1.54, 1.807) is 7.11 Å². The Morgan fingerprint density at radius 2 is 1.69 bits per heavy atom. The third-order valence-corrected chi connectivity index (χ3v) is 4.09. The Bertz CT molecular complexity index is 680. The van der Waals surface area contributed by atoms with Crippen molar-refractivity contribution in [2.24, 2.45) is 0 Å². The van der Waals surface area contributed by atoms with Crippen molar-refractivity contribution in [3.63, 3.8) is 0 Å². The second kappa shape index (κ2) is 10.9. The summed E-state index contributed by atoms with van der Waals surface area (Å²) in [7, 11) is 0.343. The lowest BCUT2D eigenvalue weighted by Crippen LogP contribution is -2.39. The first-order valence-electron chi connectivity index (χ1n) is 7.61. The molecule has 26 heavy (non-hydrogen) atoms. The molecule has 148 valence electrons.